The van der Waals surface area contributed by atoms with Crippen molar-refractivity contribution < 1.29 is 4.79 Å². The van der Waals surface area contributed by atoms with E-state index in [9.17, 15) is 4.79 Å². The van der Waals surface area contributed by atoms with E-state index in [1.807, 2.05) is 54.7 Å². The molecule has 0 aliphatic carbocycles. The van der Waals surface area contributed by atoms with Crippen molar-refractivity contribution >= 4 is 33.5 Å². The van der Waals surface area contributed by atoms with Gasteiger partial charge in [-0.05, 0) is 61.0 Å². The molecular weight excluding hydrogens is 324 g/mol. The molecule has 5 heteroatoms. The molecule has 0 aliphatic rings. The molecular formula is C21H20N4O. The summed E-state index contributed by atoms with van der Waals surface area (Å²) in [6.07, 6.45) is 2.04. The molecule has 2 heterocycles. The van der Waals surface area contributed by atoms with Crippen molar-refractivity contribution in [2.24, 2.45) is 0 Å². The first kappa shape index (κ1) is 16.1. The lowest BCUT2D eigenvalue weighted by Crippen LogP contribution is -2.22. The van der Waals surface area contributed by atoms with Crippen molar-refractivity contribution in [2.75, 3.05) is 5.73 Å². The summed E-state index contributed by atoms with van der Waals surface area (Å²) >= 11 is 0. The maximum atomic E-state index is 12.5. The molecule has 4 rings (SSSR count). The molecule has 0 saturated heterocycles. The summed E-state index contributed by atoms with van der Waals surface area (Å²) in [5.74, 6) is 0.428. The maximum absolute atomic E-state index is 12.5. The summed E-state index contributed by atoms with van der Waals surface area (Å²) in [6.45, 7) is 3.48. The van der Waals surface area contributed by atoms with Crippen molar-refractivity contribution in [1.82, 2.24) is 14.9 Å². The Bertz CT molecular complexity index is 1110. The van der Waals surface area contributed by atoms with Gasteiger partial charge in [-0.15, -0.1) is 0 Å². The lowest BCUT2D eigenvalue weighted by atomic mass is 10.1. The van der Waals surface area contributed by atoms with Gasteiger partial charge in [-0.1, -0.05) is 6.07 Å². The molecule has 26 heavy (non-hydrogen) atoms. The molecule has 0 fully saturated rings. The van der Waals surface area contributed by atoms with Crippen molar-refractivity contribution in [2.45, 2.75) is 20.0 Å². The minimum absolute atomic E-state index is 0.0772. The summed E-state index contributed by atoms with van der Waals surface area (Å²) in [4.78, 5) is 16.8. The molecule has 5 nitrogen and oxygen atoms in total. The zero-order valence-corrected chi connectivity index (χ0v) is 14.6. The Kier molecular flexibility index (Phi) is 4.05. The Morgan fingerprint density at radius 1 is 1.08 bits per heavy atom. The molecule has 0 saturated carbocycles. The van der Waals surface area contributed by atoms with Crippen LogP contribution in [0.1, 0.15) is 22.8 Å². The number of amides is 1. The number of carbonyl (C=O) groups is 1. The number of hydrogen-bond acceptors (Lipinski definition) is 3. The van der Waals surface area contributed by atoms with Crippen LogP contribution < -0.4 is 11.1 Å². The van der Waals surface area contributed by atoms with E-state index in [0.717, 1.165) is 33.9 Å². The fourth-order valence-electron chi connectivity index (χ4n) is 3.20. The monoisotopic (exact) mass is 344 g/mol. The number of nitrogens with two attached hydrogens (primary N) is 1. The van der Waals surface area contributed by atoms with E-state index in [2.05, 4.69) is 21.8 Å². The molecule has 0 unspecified atom stereocenters. The van der Waals surface area contributed by atoms with Crippen LogP contribution in [-0.2, 0) is 13.1 Å². The van der Waals surface area contributed by atoms with Crippen LogP contribution in [0.5, 0.6) is 0 Å². The van der Waals surface area contributed by atoms with Crippen LogP contribution in [0.2, 0.25) is 0 Å². The zero-order chi connectivity index (χ0) is 18.1. The number of carbonyl (C=O) groups excluding carboxylic acids is 1. The van der Waals surface area contributed by atoms with Crippen LogP contribution in [0, 0.1) is 0 Å². The van der Waals surface area contributed by atoms with Crippen molar-refractivity contribution in [3.63, 3.8) is 0 Å². The lowest BCUT2D eigenvalue weighted by Gasteiger charge is -2.08. The highest BCUT2D eigenvalue weighted by atomic mass is 16.1. The second-order valence-electron chi connectivity index (χ2n) is 6.32. The minimum Gasteiger partial charge on any atom is -0.384 e. The van der Waals surface area contributed by atoms with Crippen LogP contribution in [0.3, 0.4) is 0 Å². The third-order valence-corrected chi connectivity index (χ3v) is 4.60. The van der Waals surface area contributed by atoms with Gasteiger partial charge < -0.3 is 15.6 Å². The Balaban J connectivity index is 1.50. The summed E-state index contributed by atoms with van der Waals surface area (Å²) < 4.78 is 2.16. The zero-order valence-electron chi connectivity index (χ0n) is 14.6. The second-order valence-corrected chi connectivity index (χ2v) is 6.32. The van der Waals surface area contributed by atoms with E-state index in [0.29, 0.717) is 17.9 Å². The van der Waals surface area contributed by atoms with Gasteiger partial charge in [-0.2, -0.15) is 0 Å². The van der Waals surface area contributed by atoms with Gasteiger partial charge in [0.05, 0.1) is 5.52 Å². The van der Waals surface area contributed by atoms with Crippen LogP contribution in [0.15, 0.2) is 60.8 Å². The van der Waals surface area contributed by atoms with Gasteiger partial charge in [0.2, 0.25) is 0 Å². The molecule has 0 atom stereocenters. The molecule has 130 valence electrons. The molecule has 1 amide bonds. The highest BCUT2D eigenvalue weighted by Crippen LogP contribution is 2.18. The van der Waals surface area contributed by atoms with Gasteiger partial charge >= 0.3 is 0 Å². The molecule has 0 aliphatic heterocycles. The van der Waals surface area contributed by atoms with E-state index in [1.54, 1.807) is 6.07 Å². The van der Waals surface area contributed by atoms with Gasteiger partial charge in [0.1, 0.15) is 5.82 Å². The molecule has 0 radical (unpaired) electrons. The molecule has 2 aromatic heterocycles. The van der Waals surface area contributed by atoms with E-state index in [4.69, 9.17) is 5.73 Å². The van der Waals surface area contributed by atoms with Crippen LogP contribution >= 0.6 is 0 Å². The fourth-order valence-corrected chi connectivity index (χ4v) is 3.20. The number of fused-ring (bicyclic) bond motifs is 2. The number of rotatable bonds is 4. The number of aromatic nitrogens is 2. The number of anilines is 1. The maximum Gasteiger partial charge on any atom is 0.251 e. The second kappa shape index (κ2) is 6.52. The van der Waals surface area contributed by atoms with E-state index in [1.165, 1.54) is 0 Å². The van der Waals surface area contributed by atoms with Crippen molar-refractivity contribution in [3.8, 4) is 0 Å². The van der Waals surface area contributed by atoms with Gasteiger partial charge in [0, 0.05) is 41.1 Å². The Hall–Kier alpha value is -3.34. The first-order chi connectivity index (χ1) is 12.6. The first-order valence-corrected chi connectivity index (χ1v) is 8.66. The highest BCUT2D eigenvalue weighted by Gasteiger charge is 2.08. The average molecular weight is 344 g/mol. The lowest BCUT2D eigenvalue weighted by molar-refractivity contribution is 0.0951. The summed E-state index contributed by atoms with van der Waals surface area (Å²) in [5, 5.41) is 5.07. The predicted octanol–water partition coefficient (Wildman–Crippen LogP) is 3.72. The number of nitrogens with one attached hydrogen (secondary N) is 1. The number of pyridine rings is 1. The quantitative estimate of drug-likeness (QED) is 0.592. The summed E-state index contributed by atoms with van der Waals surface area (Å²) in [5.41, 5.74) is 9.39. The number of aryl methyl sites for hydroxylation is 1. The van der Waals surface area contributed by atoms with E-state index >= 15 is 0 Å². The van der Waals surface area contributed by atoms with Crippen molar-refractivity contribution in [1.29, 1.82) is 0 Å². The van der Waals surface area contributed by atoms with Gasteiger partial charge in [-0.3, -0.25) is 4.79 Å². The Morgan fingerprint density at radius 2 is 1.96 bits per heavy atom. The SMILES string of the molecule is CCn1ccc2cc(C(=O)NCc3ccc4nc(N)ccc4c3)ccc21. The Labute approximate surface area is 151 Å². The Morgan fingerprint density at radius 3 is 2.81 bits per heavy atom. The fraction of sp³-hybridized carbons (Fsp3) is 0.143. The number of benzene rings is 2. The summed E-state index contributed by atoms with van der Waals surface area (Å²) in [7, 11) is 0. The van der Waals surface area contributed by atoms with E-state index in [-0.39, 0.29) is 5.91 Å². The molecule has 0 spiro atoms. The smallest absolute Gasteiger partial charge is 0.251 e. The number of nitrogens with zero attached hydrogens (tertiary/aromatic N) is 2. The number of hydrogen-bond donors (Lipinski definition) is 2. The largest absolute Gasteiger partial charge is 0.384 e. The standard InChI is InChI=1S/C21H20N4O/c1-2-25-10-9-16-12-17(4-7-19(16)25)21(26)23-13-14-3-6-18-15(11-14)5-8-20(22)24-18/h3-12H,2,13H2,1H3,(H2,22,24)(H,23,26). The van der Waals surface area contributed by atoms with Gasteiger partial charge in [-0.25, -0.2) is 4.98 Å². The molecule has 3 N–H and O–H groups in total. The van der Waals surface area contributed by atoms with Crippen LogP contribution in [-0.4, -0.2) is 15.5 Å². The van der Waals surface area contributed by atoms with Gasteiger partial charge in [0.25, 0.3) is 5.91 Å². The third kappa shape index (κ3) is 2.99. The first-order valence-electron chi connectivity index (χ1n) is 8.66. The molecule has 2 aromatic carbocycles. The van der Waals surface area contributed by atoms with Crippen molar-refractivity contribution in [3.05, 3.63) is 71.9 Å². The highest BCUT2D eigenvalue weighted by molar-refractivity contribution is 5.98. The van der Waals surface area contributed by atoms with E-state index < -0.39 is 0 Å². The number of nitrogen functional groups attached to an aromatic ring is 1. The van der Waals surface area contributed by atoms with Crippen LogP contribution in [0.4, 0.5) is 5.82 Å². The van der Waals surface area contributed by atoms with Gasteiger partial charge in [0.15, 0.2) is 0 Å². The topological polar surface area (TPSA) is 72.9 Å². The minimum atomic E-state index is -0.0772. The molecule has 4 aromatic rings. The summed E-state index contributed by atoms with van der Waals surface area (Å²) in [6, 6.07) is 17.5. The molecule has 0 bridgehead atoms. The third-order valence-electron chi connectivity index (χ3n) is 4.60. The van der Waals surface area contributed by atoms with Crippen LogP contribution in [0.25, 0.3) is 21.8 Å². The predicted molar refractivity (Wildman–Crippen MR) is 105 cm³/mol. The normalized spacial score (nSPS) is 11.1. The average Bonchev–Trinajstić information content (AvgIpc) is 3.08.